The number of aromatic nitrogens is 2. The number of hydrogen-bond donors (Lipinski definition) is 2. The average Bonchev–Trinajstić information content (AvgIpc) is 3.24. The summed E-state index contributed by atoms with van der Waals surface area (Å²) in [7, 11) is 0. The molecule has 2 aromatic rings. The van der Waals surface area contributed by atoms with Crippen molar-refractivity contribution in [3.63, 3.8) is 0 Å². The van der Waals surface area contributed by atoms with Crippen molar-refractivity contribution in [3.05, 3.63) is 27.4 Å². The fourth-order valence-electron chi connectivity index (χ4n) is 2.62. The summed E-state index contributed by atoms with van der Waals surface area (Å²) in [5.74, 6) is -0.308. The SMILES string of the molecule is Cc1nnc(NC(=O)C2CCCN(C(=O)NCc3cccs3)C2)s1. The average molecular weight is 365 g/mol. The third-order valence-corrected chi connectivity index (χ3v) is 5.46. The van der Waals surface area contributed by atoms with E-state index >= 15 is 0 Å². The zero-order valence-corrected chi connectivity index (χ0v) is 15.0. The number of thiophene rings is 1. The Morgan fingerprint density at radius 2 is 2.29 bits per heavy atom. The Morgan fingerprint density at radius 1 is 1.42 bits per heavy atom. The lowest BCUT2D eigenvalue weighted by Gasteiger charge is -2.31. The van der Waals surface area contributed by atoms with E-state index in [0.29, 0.717) is 24.8 Å². The van der Waals surface area contributed by atoms with E-state index in [1.165, 1.54) is 11.3 Å². The molecule has 2 N–H and O–H groups in total. The molecule has 3 amide bonds. The molecule has 128 valence electrons. The lowest BCUT2D eigenvalue weighted by Crippen LogP contribution is -2.47. The highest BCUT2D eigenvalue weighted by Crippen LogP contribution is 2.20. The van der Waals surface area contributed by atoms with Crippen LogP contribution < -0.4 is 10.6 Å². The molecule has 2 aromatic heterocycles. The summed E-state index contributed by atoms with van der Waals surface area (Å²) in [6, 6.07) is 3.83. The molecule has 3 heterocycles. The first-order valence-corrected chi connectivity index (χ1v) is 9.47. The fourth-order valence-corrected chi connectivity index (χ4v) is 3.86. The van der Waals surface area contributed by atoms with E-state index in [0.717, 1.165) is 22.7 Å². The molecule has 1 atom stereocenters. The Bertz CT molecular complexity index is 701. The number of carbonyl (C=O) groups is 2. The van der Waals surface area contributed by atoms with Crippen LogP contribution in [0.3, 0.4) is 0 Å². The van der Waals surface area contributed by atoms with Gasteiger partial charge < -0.3 is 15.5 Å². The first kappa shape index (κ1) is 16.8. The quantitative estimate of drug-likeness (QED) is 0.871. The predicted octanol–water partition coefficient (Wildman–Crippen LogP) is 2.47. The molecule has 0 aromatic carbocycles. The highest BCUT2D eigenvalue weighted by atomic mass is 32.1. The molecule has 7 nitrogen and oxygen atoms in total. The van der Waals surface area contributed by atoms with Crippen LogP contribution in [0.4, 0.5) is 9.93 Å². The van der Waals surface area contributed by atoms with Crippen LogP contribution in [0.15, 0.2) is 17.5 Å². The van der Waals surface area contributed by atoms with Crippen LogP contribution in [0, 0.1) is 12.8 Å². The second-order valence-corrected chi connectivity index (χ2v) is 7.85. The smallest absolute Gasteiger partial charge is 0.317 e. The molecule has 1 fully saturated rings. The minimum Gasteiger partial charge on any atom is -0.333 e. The molecule has 9 heteroatoms. The summed E-state index contributed by atoms with van der Waals surface area (Å²) in [5.41, 5.74) is 0. The molecule has 1 aliphatic rings. The second-order valence-electron chi connectivity index (χ2n) is 5.64. The van der Waals surface area contributed by atoms with Crippen molar-refractivity contribution in [2.24, 2.45) is 5.92 Å². The normalized spacial score (nSPS) is 17.5. The van der Waals surface area contributed by atoms with Gasteiger partial charge in [0.2, 0.25) is 11.0 Å². The van der Waals surface area contributed by atoms with Crippen molar-refractivity contribution in [3.8, 4) is 0 Å². The van der Waals surface area contributed by atoms with Gasteiger partial charge in [-0.3, -0.25) is 4.79 Å². The Hall–Kier alpha value is -2.00. The van der Waals surface area contributed by atoms with Crippen LogP contribution in [-0.2, 0) is 11.3 Å². The fraction of sp³-hybridized carbons (Fsp3) is 0.467. The maximum absolute atomic E-state index is 12.4. The van der Waals surface area contributed by atoms with Gasteiger partial charge in [0, 0.05) is 18.0 Å². The minimum absolute atomic E-state index is 0.0955. The van der Waals surface area contributed by atoms with Crippen molar-refractivity contribution in [2.75, 3.05) is 18.4 Å². The number of hydrogen-bond acceptors (Lipinski definition) is 6. The first-order chi connectivity index (χ1) is 11.6. The number of carbonyl (C=O) groups excluding carboxylic acids is 2. The number of aryl methyl sites for hydroxylation is 1. The van der Waals surface area contributed by atoms with Crippen molar-refractivity contribution in [2.45, 2.75) is 26.3 Å². The number of urea groups is 1. The summed E-state index contributed by atoms with van der Waals surface area (Å²) in [6.07, 6.45) is 1.60. The van der Waals surface area contributed by atoms with E-state index in [1.54, 1.807) is 16.2 Å². The van der Waals surface area contributed by atoms with Crippen molar-refractivity contribution in [1.82, 2.24) is 20.4 Å². The molecule has 0 spiro atoms. The third-order valence-electron chi connectivity index (χ3n) is 3.83. The van der Waals surface area contributed by atoms with Gasteiger partial charge in [-0.15, -0.1) is 21.5 Å². The number of piperidine rings is 1. The molecule has 0 radical (unpaired) electrons. The van der Waals surface area contributed by atoms with Crippen molar-refractivity contribution < 1.29 is 9.59 Å². The lowest BCUT2D eigenvalue weighted by molar-refractivity contribution is -0.121. The molecule has 1 unspecified atom stereocenters. The van der Waals surface area contributed by atoms with E-state index < -0.39 is 0 Å². The maximum atomic E-state index is 12.4. The van der Waals surface area contributed by atoms with Gasteiger partial charge in [-0.2, -0.15) is 0 Å². The highest BCUT2D eigenvalue weighted by molar-refractivity contribution is 7.15. The maximum Gasteiger partial charge on any atom is 0.317 e. The van der Waals surface area contributed by atoms with E-state index in [9.17, 15) is 9.59 Å². The first-order valence-electron chi connectivity index (χ1n) is 7.78. The highest BCUT2D eigenvalue weighted by Gasteiger charge is 2.28. The topological polar surface area (TPSA) is 87.2 Å². The summed E-state index contributed by atoms with van der Waals surface area (Å²) < 4.78 is 0. The third kappa shape index (κ3) is 4.30. The molecule has 0 saturated carbocycles. The Morgan fingerprint density at radius 3 is 3.00 bits per heavy atom. The van der Waals surface area contributed by atoms with Crippen LogP contribution in [0.25, 0.3) is 0 Å². The molecular formula is C15H19N5O2S2. The minimum atomic E-state index is -0.213. The second kappa shape index (κ2) is 7.71. The zero-order chi connectivity index (χ0) is 16.9. The monoisotopic (exact) mass is 365 g/mol. The summed E-state index contributed by atoms with van der Waals surface area (Å²) >= 11 is 2.96. The Balaban J connectivity index is 1.51. The molecule has 1 saturated heterocycles. The Kier molecular flexibility index (Phi) is 5.41. The van der Waals surface area contributed by atoms with E-state index in [-0.39, 0.29) is 17.9 Å². The molecule has 24 heavy (non-hydrogen) atoms. The van der Waals surface area contributed by atoms with Gasteiger partial charge in [-0.1, -0.05) is 17.4 Å². The van der Waals surface area contributed by atoms with Crippen LogP contribution in [0.2, 0.25) is 0 Å². The molecule has 1 aliphatic heterocycles. The molecular weight excluding hydrogens is 346 g/mol. The summed E-state index contributed by atoms with van der Waals surface area (Å²) in [5, 5.41) is 16.8. The molecule has 0 aliphatic carbocycles. The van der Waals surface area contributed by atoms with E-state index in [2.05, 4.69) is 20.8 Å². The van der Waals surface area contributed by atoms with E-state index in [4.69, 9.17) is 0 Å². The Labute approximate surface area is 148 Å². The number of anilines is 1. The number of nitrogens with zero attached hydrogens (tertiary/aromatic N) is 3. The van der Waals surface area contributed by atoms with E-state index in [1.807, 2.05) is 24.4 Å². The van der Waals surface area contributed by atoms with Crippen LogP contribution in [-0.4, -0.2) is 40.1 Å². The lowest BCUT2D eigenvalue weighted by atomic mass is 9.97. The van der Waals surface area contributed by atoms with Crippen LogP contribution in [0.5, 0.6) is 0 Å². The van der Waals surface area contributed by atoms with Gasteiger partial charge in [0.15, 0.2) is 0 Å². The predicted molar refractivity (Wildman–Crippen MR) is 94.1 cm³/mol. The molecule has 3 rings (SSSR count). The van der Waals surface area contributed by atoms with Crippen LogP contribution in [0.1, 0.15) is 22.7 Å². The number of amides is 3. The zero-order valence-electron chi connectivity index (χ0n) is 13.3. The van der Waals surface area contributed by atoms with Crippen molar-refractivity contribution in [1.29, 1.82) is 0 Å². The van der Waals surface area contributed by atoms with Gasteiger partial charge >= 0.3 is 6.03 Å². The number of likely N-dealkylation sites (tertiary alicyclic amines) is 1. The van der Waals surface area contributed by atoms with Gasteiger partial charge in [0.1, 0.15) is 5.01 Å². The van der Waals surface area contributed by atoms with Gasteiger partial charge in [0.05, 0.1) is 12.5 Å². The number of nitrogens with one attached hydrogen (secondary N) is 2. The van der Waals surface area contributed by atoms with Gasteiger partial charge in [-0.05, 0) is 31.2 Å². The van der Waals surface area contributed by atoms with Gasteiger partial charge in [0.25, 0.3) is 0 Å². The van der Waals surface area contributed by atoms with Crippen molar-refractivity contribution >= 4 is 39.7 Å². The van der Waals surface area contributed by atoms with Crippen LogP contribution >= 0.6 is 22.7 Å². The number of rotatable bonds is 4. The summed E-state index contributed by atoms with van der Waals surface area (Å²) in [4.78, 5) is 27.5. The molecule has 0 bridgehead atoms. The largest absolute Gasteiger partial charge is 0.333 e. The standard InChI is InChI=1S/C15H19N5O2S2/c1-10-18-19-14(24-10)17-13(21)11-4-2-6-20(9-11)15(22)16-8-12-5-3-7-23-12/h3,5,7,11H,2,4,6,8-9H2,1H3,(H,16,22)(H,17,19,21). The summed E-state index contributed by atoms with van der Waals surface area (Å²) in [6.45, 7) is 3.47. The van der Waals surface area contributed by atoms with Gasteiger partial charge in [-0.25, -0.2) is 4.79 Å².